The number of amides is 3. The number of hydrogen-bond donors (Lipinski definition) is 3. The Balaban J connectivity index is 1.58. The van der Waals surface area contributed by atoms with Gasteiger partial charge in [-0.1, -0.05) is 48.4 Å². The molecule has 1 unspecified atom stereocenters. The van der Waals surface area contributed by atoms with E-state index < -0.39 is 16.1 Å². The van der Waals surface area contributed by atoms with Crippen molar-refractivity contribution in [2.45, 2.75) is 43.4 Å². The van der Waals surface area contributed by atoms with Crippen LogP contribution < -0.4 is 15.5 Å². The third-order valence-corrected chi connectivity index (χ3v) is 7.25. The van der Waals surface area contributed by atoms with Gasteiger partial charge in [0.05, 0.1) is 10.8 Å². The number of urea groups is 1. The van der Waals surface area contributed by atoms with Crippen LogP contribution in [0.25, 0.3) is 0 Å². The van der Waals surface area contributed by atoms with Crippen molar-refractivity contribution in [3.8, 4) is 0 Å². The number of rotatable bonds is 8. The van der Waals surface area contributed by atoms with Crippen LogP contribution in [-0.4, -0.2) is 45.0 Å². The van der Waals surface area contributed by atoms with Crippen LogP contribution in [-0.2, 0) is 21.2 Å². The first-order valence-corrected chi connectivity index (χ1v) is 12.8. The molecule has 10 heteroatoms. The predicted molar refractivity (Wildman–Crippen MR) is 127 cm³/mol. The summed E-state index contributed by atoms with van der Waals surface area (Å²) in [6, 6.07) is 12.7. The summed E-state index contributed by atoms with van der Waals surface area (Å²) in [5.41, 5.74) is 3.94. The standard InChI is InChI=1S/C23H29ClN4O4S/c1-17(18-9-11-20(24)12-10-18)22(29)25-14-13-19-7-3-4-8-21(19)33(31,32)27-23(30)26-28-15-5-2-6-16-28/h3-4,7-12,17H,2,5-6,13-16H2,1H3,(H,25,29)(H2,26,27,30). The zero-order valence-corrected chi connectivity index (χ0v) is 20.1. The van der Waals surface area contributed by atoms with Crippen molar-refractivity contribution in [1.29, 1.82) is 0 Å². The van der Waals surface area contributed by atoms with E-state index in [-0.39, 0.29) is 23.3 Å². The van der Waals surface area contributed by atoms with Crippen molar-refractivity contribution in [1.82, 2.24) is 20.5 Å². The van der Waals surface area contributed by atoms with Crippen LogP contribution in [0.2, 0.25) is 5.02 Å². The highest BCUT2D eigenvalue weighted by Gasteiger charge is 2.23. The van der Waals surface area contributed by atoms with Crippen LogP contribution in [0.5, 0.6) is 0 Å². The third kappa shape index (κ3) is 7.18. The Morgan fingerprint density at radius 1 is 1.03 bits per heavy atom. The highest BCUT2D eigenvalue weighted by Crippen LogP contribution is 2.19. The quantitative estimate of drug-likeness (QED) is 0.524. The fourth-order valence-corrected chi connectivity index (χ4v) is 5.00. The van der Waals surface area contributed by atoms with Gasteiger partial charge in [-0.3, -0.25) is 10.2 Å². The van der Waals surface area contributed by atoms with E-state index >= 15 is 0 Å². The Kier molecular flexibility index (Phi) is 8.71. The Morgan fingerprint density at radius 2 is 1.70 bits per heavy atom. The van der Waals surface area contributed by atoms with Gasteiger partial charge in [-0.25, -0.2) is 22.9 Å². The fourth-order valence-electron chi connectivity index (χ4n) is 3.70. The van der Waals surface area contributed by atoms with Crippen molar-refractivity contribution < 1.29 is 18.0 Å². The number of hydrogen-bond acceptors (Lipinski definition) is 5. The summed E-state index contributed by atoms with van der Waals surface area (Å²) >= 11 is 5.90. The molecule has 1 fully saturated rings. The molecular formula is C23H29ClN4O4S. The number of nitrogens with zero attached hydrogens (tertiary/aromatic N) is 1. The number of piperidine rings is 1. The van der Waals surface area contributed by atoms with Crippen LogP contribution in [0, 0.1) is 0 Å². The average molecular weight is 493 g/mol. The van der Waals surface area contributed by atoms with E-state index in [0.717, 1.165) is 24.8 Å². The second kappa shape index (κ2) is 11.5. The number of benzene rings is 2. The van der Waals surface area contributed by atoms with Crippen LogP contribution in [0.15, 0.2) is 53.4 Å². The van der Waals surface area contributed by atoms with Gasteiger partial charge in [-0.05, 0) is 55.5 Å². The minimum Gasteiger partial charge on any atom is -0.355 e. The number of nitrogens with one attached hydrogen (secondary N) is 3. The number of halogens is 1. The maximum atomic E-state index is 12.8. The molecule has 1 aliphatic heterocycles. The van der Waals surface area contributed by atoms with Crippen molar-refractivity contribution in [3.05, 3.63) is 64.7 Å². The van der Waals surface area contributed by atoms with E-state index in [4.69, 9.17) is 11.6 Å². The monoisotopic (exact) mass is 492 g/mol. The normalized spacial score (nSPS) is 15.5. The largest absolute Gasteiger partial charge is 0.355 e. The SMILES string of the molecule is CC(C(=O)NCCc1ccccc1S(=O)(=O)NC(=O)NN1CCCCC1)c1ccc(Cl)cc1. The van der Waals surface area contributed by atoms with Gasteiger partial charge in [-0.2, -0.15) is 0 Å². The third-order valence-electron chi connectivity index (χ3n) is 5.56. The zero-order valence-electron chi connectivity index (χ0n) is 18.5. The summed E-state index contributed by atoms with van der Waals surface area (Å²) in [7, 11) is -4.07. The molecule has 33 heavy (non-hydrogen) atoms. The van der Waals surface area contributed by atoms with Gasteiger partial charge >= 0.3 is 6.03 Å². The maximum Gasteiger partial charge on any atom is 0.343 e. The van der Waals surface area contributed by atoms with Gasteiger partial charge in [0.2, 0.25) is 5.91 Å². The Labute approximate surface area is 199 Å². The molecule has 0 saturated carbocycles. The van der Waals surface area contributed by atoms with Crippen molar-refractivity contribution >= 4 is 33.6 Å². The molecule has 3 N–H and O–H groups in total. The van der Waals surface area contributed by atoms with Crippen LogP contribution >= 0.6 is 11.6 Å². The molecule has 0 bridgehead atoms. The number of sulfonamides is 1. The molecule has 0 spiro atoms. The molecular weight excluding hydrogens is 464 g/mol. The van der Waals surface area contributed by atoms with E-state index in [1.807, 2.05) is 0 Å². The summed E-state index contributed by atoms with van der Waals surface area (Å²) < 4.78 is 27.8. The summed E-state index contributed by atoms with van der Waals surface area (Å²) in [5, 5.41) is 5.16. The van der Waals surface area contributed by atoms with Gasteiger partial charge in [-0.15, -0.1) is 0 Å². The summed E-state index contributed by atoms with van der Waals surface area (Å²) in [4.78, 5) is 24.8. The first-order valence-electron chi connectivity index (χ1n) is 11.0. The van der Waals surface area contributed by atoms with E-state index in [9.17, 15) is 18.0 Å². The lowest BCUT2D eigenvalue weighted by molar-refractivity contribution is -0.122. The molecule has 2 aromatic carbocycles. The maximum absolute atomic E-state index is 12.8. The lowest BCUT2D eigenvalue weighted by atomic mass is 10.0. The summed E-state index contributed by atoms with van der Waals surface area (Å²) in [6.45, 7) is 3.43. The molecule has 1 aliphatic rings. The first-order chi connectivity index (χ1) is 15.8. The molecule has 1 atom stereocenters. The molecule has 8 nitrogen and oxygen atoms in total. The van der Waals surface area contributed by atoms with E-state index in [1.165, 1.54) is 6.07 Å². The average Bonchev–Trinajstić information content (AvgIpc) is 2.79. The Morgan fingerprint density at radius 3 is 2.39 bits per heavy atom. The van der Waals surface area contributed by atoms with Crippen molar-refractivity contribution in [2.24, 2.45) is 0 Å². The second-order valence-corrected chi connectivity index (χ2v) is 10.1. The number of hydrazine groups is 1. The molecule has 3 amide bonds. The van der Waals surface area contributed by atoms with E-state index in [2.05, 4.69) is 15.5 Å². The molecule has 178 valence electrons. The lowest BCUT2D eigenvalue weighted by Crippen LogP contribution is -2.50. The molecule has 1 heterocycles. The molecule has 2 aromatic rings. The highest BCUT2D eigenvalue weighted by atomic mass is 35.5. The van der Waals surface area contributed by atoms with Gasteiger partial charge in [0, 0.05) is 24.7 Å². The highest BCUT2D eigenvalue weighted by molar-refractivity contribution is 7.90. The molecule has 0 aliphatic carbocycles. The van der Waals surface area contributed by atoms with E-state index in [1.54, 1.807) is 54.4 Å². The van der Waals surface area contributed by atoms with Crippen LogP contribution in [0.1, 0.15) is 43.2 Å². The number of carbonyl (C=O) groups excluding carboxylic acids is 2. The second-order valence-electron chi connectivity index (χ2n) is 8.02. The van der Waals surface area contributed by atoms with E-state index in [0.29, 0.717) is 30.1 Å². The molecule has 3 rings (SSSR count). The van der Waals surface area contributed by atoms with Crippen molar-refractivity contribution in [3.63, 3.8) is 0 Å². The van der Waals surface area contributed by atoms with Gasteiger partial charge in [0.1, 0.15) is 0 Å². The molecule has 1 saturated heterocycles. The Bertz CT molecular complexity index is 1070. The van der Waals surface area contributed by atoms with Gasteiger partial charge in [0.15, 0.2) is 0 Å². The predicted octanol–water partition coefficient (Wildman–Crippen LogP) is 3.19. The minimum absolute atomic E-state index is 0.0128. The van der Waals surface area contributed by atoms with Gasteiger partial charge < -0.3 is 5.32 Å². The summed E-state index contributed by atoms with van der Waals surface area (Å²) in [5.74, 6) is -0.543. The Hall–Kier alpha value is -2.62. The number of carbonyl (C=O) groups is 2. The first kappa shape index (κ1) is 25.0. The molecule has 0 aromatic heterocycles. The smallest absolute Gasteiger partial charge is 0.343 e. The topological polar surface area (TPSA) is 108 Å². The van der Waals surface area contributed by atoms with Crippen LogP contribution in [0.4, 0.5) is 4.79 Å². The van der Waals surface area contributed by atoms with Crippen molar-refractivity contribution in [2.75, 3.05) is 19.6 Å². The zero-order chi connectivity index (χ0) is 23.8. The summed E-state index contributed by atoms with van der Waals surface area (Å²) in [6.07, 6.45) is 3.31. The molecule has 0 radical (unpaired) electrons. The van der Waals surface area contributed by atoms with Crippen LogP contribution in [0.3, 0.4) is 0 Å². The van der Waals surface area contributed by atoms with Gasteiger partial charge in [0.25, 0.3) is 10.0 Å². The fraction of sp³-hybridized carbons (Fsp3) is 0.391. The lowest BCUT2D eigenvalue weighted by Gasteiger charge is -2.26. The minimum atomic E-state index is -4.07.